The fraction of sp³-hybridized carbons (Fsp3) is 0.480. The molecule has 1 saturated carbocycles. The Morgan fingerprint density at radius 2 is 1.82 bits per heavy atom. The van der Waals surface area contributed by atoms with E-state index < -0.39 is 17.6 Å². The van der Waals surface area contributed by atoms with Crippen molar-refractivity contribution in [1.29, 1.82) is 0 Å². The van der Waals surface area contributed by atoms with Crippen LogP contribution in [0, 0.1) is 11.8 Å². The molecular weight excluding hydrogens is 460 g/mol. The highest BCUT2D eigenvalue weighted by atomic mass is 35.5. The molecule has 6 atom stereocenters. The molecule has 0 saturated heterocycles. The third-order valence-corrected chi connectivity index (χ3v) is 7.63. The topological polar surface area (TPSA) is 112 Å². The molecule has 1 aliphatic heterocycles. The van der Waals surface area contributed by atoms with E-state index in [4.69, 9.17) is 36.3 Å². The lowest BCUT2D eigenvalue weighted by molar-refractivity contribution is -0.118. The van der Waals surface area contributed by atoms with Gasteiger partial charge in [-0.05, 0) is 31.2 Å². The van der Waals surface area contributed by atoms with Gasteiger partial charge in [0.2, 0.25) is 11.4 Å². The van der Waals surface area contributed by atoms with Crippen molar-refractivity contribution >= 4 is 17.4 Å². The molecule has 0 bridgehead atoms. The summed E-state index contributed by atoms with van der Waals surface area (Å²) in [6.45, 7) is 1.86. The van der Waals surface area contributed by atoms with Crippen LogP contribution in [-0.4, -0.2) is 57.0 Å². The number of hydrogen-bond acceptors (Lipinski definition) is 8. The Morgan fingerprint density at radius 1 is 1.18 bits per heavy atom. The number of Topliss-reactive ketones (excluding diaryl/α,β-unsaturated/α-hetero) is 1. The fourth-order valence-corrected chi connectivity index (χ4v) is 5.78. The molecule has 8 nitrogen and oxygen atoms in total. The zero-order chi connectivity index (χ0) is 24.8. The minimum absolute atomic E-state index is 0.161. The van der Waals surface area contributed by atoms with Crippen LogP contribution in [-0.2, 0) is 0 Å². The van der Waals surface area contributed by atoms with Gasteiger partial charge >= 0.3 is 0 Å². The molecule has 1 spiro atoms. The predicted octanol–water partition coefficient (Wildman–Crippen LogP) is 2.98. The van der Waals surface area contributed by atoms with Crippen LogP contribution < -0.4 is 30.0 Å². The number of nitrogens with one attached hydrogen (secondary N) is 1. The van der Waals surface area contributed by atoms with Crippen molar-refractivity contribution in [2.24, 2.45) is 17.6 Å². The van der Waals surface area contributed by atoms with Crippen molar-refractivity contribution in [2.45, 2.75) is 37.1 Å². The van der Waals surface area contributed by atoms with Gasteiger partial charge in [0.05, 0.1) is 21.3 Å². The van der Waals surface area contributed by atoms with Crippen molar-refractivity contribution in [3.8, 4) is 23.0 Å². The summed E-state index contributed by atoms with van der Waals surface area (Å²) in [6, 6.07) is 8.36. The Kier molecular flexibility index (Phi) is 6.70. The summed E-state index contributed by atoms with van der Waals surface area (Å²) in [6.07, 6.45) is -0.759. The maximum Gasteiger partial charge on any atom is 0.216 e. The van der Waals surface area contributed by atoms with Gasteiger partial charge in [-0.2, -0.15) is 0 Å². The first-order valence-electron chi connectivity index (χ1n) is 11.2. The van der Waals surface area contributed by atoms with E-state index >= 15 is 0 Å². The number of halogens is 1. The Labute approximate surface area is 204 Å². The van der Waals surface area contributed by atoms with E-state index in [-0.39, 0.29) is 45.9 Å². The smallest absolute Gasteiger partial charge is 0.216 e. The van der Waals surface area contributed by atoms with Gasteiger partial charge in [-0.3, -0.25) is 4.79 Å². The van der Waals surface area contributed by atoms with E-state index in [0.717, 1.165) is 11.3 Å². The van der Waals surface area contributed by atoms with E-state index in [1.54, 1.807) is 20.2 Å². The summed E-state index contributed by atoms with van der Waals surface area (Å²) in [5.74, 6) is 0.202. The normalized spacial score (nSPS) is 28.9. The molecule has 2 aliphatic rings. The van der Waals surface area contributed by atoms with Crippen LogP contribution in [0.1, 0.15) is 35.3 Å². The summed E-state index contributed by atoms with van der Waals surface area (Å²) in [5, 5.41) is 15.3. The first kappa shape index (κ1) is 24.6. The Hall–Kier alpha value is -2.52. The van der Waals surface area contributed by atoms with Gasteiger partial charge in [0.15, 0.2) is 5.75 Å². The molecule has 4 unspecified atom stereocenters. The van der Waals surface area contributed by atoms with Gasteiger partial charge in [0.1, 0.15) is 33.9 Å². The Bertz CT molecular complexity index is 1080. The SMILES string of the molecule is CNC(c1ccc(OC)cc1)C1C(N)C[C@@H](C)[C@]2(Oc3c(Cl)c(OC)cc(OC)c3C2=O)C1O. The number of rotatable bonds is 6. The third kappa shape index (κ3) is 3.51. The predicted molar refractivity (Wildman–Crippen MR) is 128 cm³/mol. The fourth-order valence-electron chi connectivity index (χ4n) is 5.51. The van der Waals surface area contributed by atoms with Gasteiger partial charge in [0, 0.05) is 30.0 Å². The number of methoxy groups -OCH3 is 3. The molecule has 1 heterocycles. The van der Waals surface area contributed by atoms with Gasteiger partial charge in [-0.25, -0.2) is 0 Å². The van der Waals surface area contributed by atoms with E-state index in [0.29, 0.717) is 12.2 Å². The number of hydrogen-bond donors (Lipinski definition) is 3. The molecule has 1 fully saturated rings. The van der Waals surface area contributed by atoms with Gasteiger partial charge < -0.3 is 35.1 Å². The second kappa shape index (κ2) is 9.26. The Balaban J connectivity index is 1.80. The monoisotopic (exact) mass is 490 g/mol. The van der Waals surface area contributed by atoms with Gasteiger partial charge in [-0.1, -0.05) is 30.7 Å². The molecular formula is C25H31ClN2O6. The molecule has 2 aromatic carbocycles. The van der Waals surface area contributed by atoms with Crippen molar-refractivity contribution in [1.82, 2.24) is 5.32 Å². The summed E-state index contributed by atoms with van der Waals surface area (Å²) < 4.78 is 22.4. The molecule has 2 aromatic rings. The molecule has 34 heavy (non-hydrogen) atoms. The quantitative estimate of drug-likeness (QED) is 0.566. The molecule has 4 N–H and O–H groups in total. The minimum atomic E-state index is -1.56. The largest absolute Gasteiger partial charge is 0.497 e. The van der Waals surface area contributed by atoms with Crippen LogP contribution in [0.15, 0.2) is 30.3 Å². The maximum atomic E-state index is 14.0. The molecule has 0 amide bonds. The zero-order valence-electron chi connectivity index (χ0n) is 19.9. The lowest BCUT2D eigenvalue weighted by Crippen LogP contribution is -2.67. The zero-order valence-corrected chi connectivity index (χ0v) is 20.7. The number of carbonyl (C=O) groups is 1. The highest BCUT2D eigenvalue weighted by Gasteiger charge is 2.64. The summed E-state index contributed by atoms with van der Waals surface area (Å²) in [5.41, 5.74) is 6.16. The van der Waals surface area contributed by atoms with Crippen molar-refractivity contribution in [3.05, 3.63) is 46.5 Å². The lowest BCUT2D eigenvalue weighted by Gasteiger charge is -2.50. The van der Waals surface area contributed by atoms with Crippen molar-refractivity contribution in [3.63, 3.8) is 0 Å². The molecule has 184 valence electrons. The maximum absolute atomic E-state index is 14.0. The standard InChI is InChI=1S/C25H31ClN2O6/c1-12-10-15(27)18(21(28-2)13-6-8-14(31-3)9-7-13)23(29)25(12)24(30)19-16(32-4)11-17(33-5)20(26)22(19)34-25/h6-9,11-12,15,18,21,23,28-29H,10,27H2,1-5H3/t12-,15?,18?,21?,23?,25+/m1/s1. The van der Waals surface area contributed by atoms with E-state index in [9.17, 15) is 9.90 Å². The molecule has 0 aromatic heterocycles. The summed E-state index contributed by atoms with van der Waals surface area (Å²) in [4.78, 5) is 14.0. The van der Waals surface area contributed by atoms with Crippen LogP contribution in [0.5, 0.6) is 23.0 Å². The average molecular weight is 491 g/mol. The van der Waals surface area contributed by atoms with Crippen LogP contribution in [0.25, 0.3) is 0 Å². The number of aliphatic hydroxyl groups excluding tert-OH is 1. The first-order chi connectivity index (χ1) is 16.2. The van der Waals surface area contributed by atoms with E-state index in [1.165, 1.54) is 14.2 Å². The number of ketones is 1. The Morgan fingerprint density at radius 3 is 2.38 bits per heavy atom. The number of aliphatic hydroxyl groups is 1. The van der Waals surface area contributed by atoms with E-state index in [2.05, 4.69) is 5.32 Å². The minimum Gasteiger partial charge on any atom is -0.497 e. The van der Waals surface area contributed by atoms with E-state index in [1.807, 2.05) is 31.2 Å². The molecule has 4 rings (SSSR count). The number of nitrogens with two attached hydrogens (primary N) is 1. The number of ether oxygens (including phenoxy) is 4. The second-order valence-corrected chi connectivity index (χ2v) is 9.26. The van der Waals surface area contributed by atoms with Crippen LogP contribution in [0.2, 0.25) is 5.02 Å². The highest BCUT2D eigenvalue weighted by Crippen LogP contribution is 2.55. The van der Waals surface area contributed by atoms with Gasteiger partial charge in [0.25, 0.3) is 0 Å². The van der Waals surface area contributed by atoms with Crippen molar-refractivity contribution < 1.29 is 28.8 Å². The van der Waals surface area contributed by atoms with Crippen LogP contribution in [0.4, 0.5) is 0 Å². The number of fused-ring (bicyclic) bond motifs is 1. The van der Waals surface area contributed by atoms with Crippen molar-refractivity contribution in [2.75, 3.05) is 28.4 Å². The molecule has 9 heteroatoms. The van der Waals surface area contributed by atoms with Crippen LogP contribution >= 0.6 is 11.6 Å². The average Bonchev–Trinajstić information content (AvgIpc) is 3.16. The molecule has 0 radical (unpaired) electrons. The number of benzene rings is 2. The summed E-state index contributed by atoms with van der Waals surface area (Å²) in [7, 11) is 6.34. The van der Waals surface area contributed by atoms with Crippen LogP contribution in [0.3, 0.4) is 0 Å². The van der Waals surface area contributed by atoms with Gasteiger partial charge in [-0.15, -0.1) is 0 Å². The number of carbonyl (C=O) groups excluding carboxylic acids is 1. The lowest BCUT2D eigenvalue weighted by atomic mass is 9.62. The third-order valence-electron chi connectivity index (χ3n) is 7.27. The second-order valence-electron chi connectivity index (χ2n) is 8.89. The first-order valence-corrected chi connectivity index (χ1v) is 11.6. The molecule has 1 aliphatic carbocycles. The summed E-state index contributed by atoms with van der Waals surface area (Å²) >= 11 is 6.54. The highest BCUT2D eigenvalue weighted by molar-refractivity contribution is 6.35.